The second-order valence-electron chi connectivity index (χ2n) is 18.0. The van der Waals surface area contributed by atoms with E-state index < -0.39 is 53.6 Å². The summed E-state index contributed by atoms with van der Waals surface area (Å²) < 4.78 is 16.7. The summed E-state index contributed by atoms with van der Waals surface area (Å²) in [4.78, 5) is 67.7. The summed E-state index contributed by atoms with van der Waals surface area (Å²) in [5, 5.41) is 8.35. The van der Waals surface area contributed by atoms with E-state index in [1.807, 2.05) is 60.7 Å². The molecule has 2 rings (SSSR count). The molecule has 0 fully saturated rings. The van der Waals surface area contributed by atoms with Crippen molar-refractivity contribution in [3.05, 3.63) is 71.8 Å². The number of hydrogen-bond donors (Lipinski definition) is 3. The lowest BCUT2D eigenvalue weighted by atomic mass is 10.0. The Balaban J connectivity index is 2.12. The van der Waals surface area contributed by atoms with Crippen LogP contribution in [0.5, 0.6) is 0 Å². The summed E-state index contributed by atoms with van der Waals surface area (Å²) in [6.07, 6.45) is 22.5. The summed E-state index contributed by atoms with van der Waals surface area (Å²) in [5.74, 6) is -2.31. The Morgan fingerprint density at radius 1 is 0.492 bits per heavy atom. The molecule has 0 aliphatic carbocycles. The molecule has 0 aliphatic rings. The smallest absolute Gasteiger partial charge is 0.408 e. The van der Waals surface area contributed by atoms with Crippen LogP contribution in [0.4, 0.5) is 4.79 Å². The molecule has 0 spiro atoms. The maximum atomic E-state index is 14.2. The largest absolute Gasteiger partial charge is 0.466 e. The number of rotatable bonds is 35. The van der Waals surface area contributed by atoms with Crippen LogP contribution in [0.3, 0.4) is 0 Å². The number of benzene rings is 2. The summed E-state index contributed by atoms with van der Waals surface area (Å²) in [6.45, 7) is 10.2. The van der Waals surface area contributed by atoms with Crippen LogP contribution in [0.25, 0.3) is 0 Å². The lowest BCUT2D eigenvalue weighted by Gasteiger charge is -2.26. The normalized spacial score (nSPS) is 12.7. The Hall–Kier alpha value is -4.41. The first-order valence-electron chi connectivity index (χ1n) is 24.4. The van der Waals surface area contributed by atoms with Gasteiger partial charge in [-0.05, 0) is 51.2 Å². The van der Waals surface area contributed by atoms with Gasteiger partial charge in [0.1, 0.15) is 23.7 Å². The highest BCUT2D eigenvalue weighted by Gasteiger charge is 2.32. The molecule has 0 aromatic heterocycles. The van der Waals surface area contributed by atoms with Gasteiger partial charge in [-0.2, -0.15) is 0 Å². The Bertz CT molecular complexity index is 1530. The highest BCUT2D eigenvalue weighted by atomic mass is 16.6. The Morgan fingerprint density at radius 2 is 0.873 bits per heavy atom. The molecule has 0 saturated heterocycles. The first-order valence-corrected chi connectivity index (χ1v) is 24.4. The number of esters is 2. The Kier molecular flexibility index (Phi) is 29.6. The van der Waals surface area contributed by atoms with Crippen LogP contribution in [0, 0.1) is 0 Å². The highest BCUT2D eigenvalue weighted by molar-refractivity contribution is 5.93. The van der Waals surface area contributed by atoms with Crippen molar-refractivity contribution in [2.45, 2.75) is 212 Å². The summed E-state index contributed by atoms with van der Waals surface area (Å²) >= 11 is 0. The molecule has 3 N–H and O–H groups in total. The lowest BCUT2D eigenvalue weighted by molar-refractivity contribution is -0.149. The molecule has 354 valence electrons. The van der Waals surface area contributed by atoms with E-state index in [0.29, 0.717) is 13.0 Å². The molecule has 11 heteroatoms. The molecule has 3 atom stereocenters. The predicted molar refractivity (Wildman–Crippen MR) is 252 cm³/mol. The fourth-order valence-electron chi connectivity index (χ4n) is 7.33. The number of alkyl carbamates (subject to hydrolysis) is 1. The third-order valence-electron chi connectivity index (χ3n) is 10.9. The van der Waals surface area contributed by atoms with Gasteiger partial charge in [-0.25, -0.2) is 9.59 Å². The van der Waals surface area contributed by atoms with Gasteiger partial charge in [-0.15, -0.1) is 0 Å². The topological polar surface area (TPSA) is 149 Å². The summed E-state index contributed by atoms with van der Waals surface area (Å²) in [6, 6.07) is 15.1. The molecule has 2 aromatic carbocycles. The number of carbonyl (C=O) groups excluding carboxylic acids is 5. The quantitative estimate of drug-likeness (QED) is 0.0352. The van der Waals surface area contributed by atoms with Crippen LogP contribution >= 0.6 is 0 Å². The van der Waals surface area contributed by atoms with E-state index in [1.54, 1.807) is 20.8 Å². The van der Waals surface area contributed by atoms with Gasteiger partial charge < -0.3 is 30.2 Å². The van der Waals surface area contributed by atoms with Crippen LogP contribution in [0.1, 0.15) is 187 Å². The number of ether oxygens (including phenoxy) is 3. The monoisotopic (exact) mass is 878 g/mol. The van der Waals surface area contributed by atoms with E-state index in [4.69, 9.17) is 14.2 Å². The summed E-state index contributed by atoms with van der Waals surface area (Å²) in [5.41, 5.74) is 0.765. The number of carbonyl (C=O) groups is 5. The van der Waals surface area contributed by atoms with Crippen molar-refractivity contribution in [3.8, 4) is 0 Å². The molecule has 0 saturated carbocycles. The van der Waals surface area contributed by atoms with Crippen LogP contribution in [0.15, 0.2) is 60.7 Å². The zero-order chi connectivity index (χ0) is 46.0. The average Bonchev–Trinajstić information content (AvgIpc) is 3.25. The van der Waals surface area contributed by atoms with E-state index >= 15 is 0 Å². The zero-order valence-corrected chi connectivity index (χ0v) is 39.7. The minimum absolute atomic E-state index is 0.0255. The van der Waals surface area contributed by atoms with Crippen LogP contribution in [0.2, 0.25) is 0 Å². The highest BCUT2D eigenvalue weighted by Crippen LogP contribution is 2.15. The third kappa shape index (κ3) is 28.1. The second kappa shape index (κ2) is 34.1. The lowest BCUT2D eigenvalue weighted by Crippen LogP contribution is -2.57. The first-order chi connectivity index (χ1) is 30.4. The van der Waals surface area contributed by atoms with Gasteiger partial charge in [-0.1, -0.05) is 190 Å². The summed E-state index contributed by atoms with van der Waals surface area (Å²) in [7, 11) is 0. The Labute approximate surface area is 380 Å². The number of hydrogen-bond acceptors (Lipinski definition) is 8. The molecule has 0 unspecified atom stereocenters. The van der Waals surface area contributed by atoms with Crippen molar-refractivity contribution in [2.75, 3.05) is 13.2 Å². The van der Waals surface area contributed by atoms with Crippen molar-refractivity contribution in [2.24, 2.45) is 0 Å². The molecular formula is C52H83N3O8. The number of nitrogens with one attached hydrogen (secondary N) is 3. The van der Waals surface area contributed by atoms with Gasteiger partial charge in [0.25, 0.3) is 0 Å². The molecule has 11 nitrogen and oxygen atoms in total. The van der Waals surface area contributed by atoms with Gasteiger partial charge in [-0.3, -0.25) is 14.4 Å². The SMILES string of the molecule is CCCCCCCCCCCCOC(=O)CC[C@H](NC(=O)[C@H](Cc1ccccc1)NC(=O)[C@H](Cc1ccccc1)NC(=O)OC(C)(C)C)C(=O)OCCCCCCCCCCCC. The van der Waals surface area contributed by atoms with Crippen molar-refractivity contribution < 1.29 is 38.2 Å². The molecule has 0 heterocycles. The minimum atomic E-state index is -1.15. The molecule has 3 amide bonds. The van der Waals surface area contributed by atoms with Crippen molar-refractivity contribution in [1.29, 1.82) is 0 Å². The van der Waals surface area contributed by atoms with Gasteiger partial charge >= 0.3 is 18.0 Å². The van der Waals surface area contributed by atoms with Crippen LogP contribution in [-0.2, 0) is 46.2 Å². The third-order valence-corrected chi connectivity index (χ3v) is 10.9. The standard InChI is InChI=1S/C52H83N3O8/c1-6-8-10-12-14-16-18-20-22-30-38-61-47(56)37-36-44(50(59)62-39-31-23-21-19-17-15-13-11-9-7-2)53-48(57)45(40-42-32-26-24-27-33-42)54-49(58)46(41-43-34-28-25-29-35-43)55-51(60)63-52(3,4)5/h24-29,32-35,44-46H,6-23,30-31,36-41H2,1-5H3,(H,53,57)(H,54,58)(H,55,60)/t44-,45-,46-/m0/s1. The van der Waals surface area contributed by atoms with E-state index in [1.165, 1.54) is 83.5 Å². The van der Waals surface area contributed by atoms with Crippen molar-refractivity contribution in [1.82, 2.24) is 16.0 Å². The minimum Gasteiger partial charge on any atom is -0.466 e. The molecule has 0 radical (unpaired) electrons. The van der Waals surface area contributed by atoms with Crippen molar-refractivity contribution >= 4 is 29.8 Å². The Morgan fingerprint density at radius 3 is 1.30 bits per heavy atom. The number of amides is 3. The molecule has 63 heavy (non-hydrogen) atoms. The van der Waals surface area contributed by atoms with Crippen LogP contribution in [-0.4, -0.2) is 66.8 Å². The van der Waals surface area contributed by atoms with E-state index in [0.717, 1.165) is 49.7 Å². The maximum absolute atomic E-state index is 14.2. The van der Waals surface area contributed by atoms with E-state index in [2.05, 4.69) is 29.8 Å². The van der Waals surface area contributed by atoms with E-state index in [9.17, 15) is 24.0 Å². The zero-order valence-electron chi connectivity index (χ0n) is 39.7. The number of unbranched alkanes of at least 4 members (excludes halogenated alkanes) is 18. The van der Waals surface area contributed by atoms with Gasteiger partial charge in [0.15, 0.2) is 0 Å². The average molecular weight is 878 g/mol. The maximum Gasteiger partial charge on any atom is 0.408 e. The van der Waals surface area contributed by atoms with Gasteiger partial charge in [0, 0.05) is 19.3 Å². The predicted octanol–water partition coefficient (Wildman–Crippen LogP) is 11.0. The van der Waals surface area contributed by atoms with Crippen molar-refractivity contribution in [3.63, 3.8) is 0 Å². The second-order valence-corrected chi connectivity index (χ2v) is 18.0. The van der Waals surface area contributed by atoms with E-state index in [-0.39, 0.29) is 32.3 Å². The van der Waals surface area contributed by atoms with Gasteiger partial charge in [0.05, 0.1) is 13.2 Å². The fourth-order valence-corrected chi connectivity index (χ4v) is 7.33. The fraction of sp³-hybridized carbons (Fsp3) is 0.673. The molecule has 0 bridgehead atoms. The van der Waals surface area contributed by atoms with Crippen LogP contribution < -0.4 is 16.0 Å². The molecule has 0 aliphatic heterocycles. The molecule has 2 aromatic rings. The first kappa shape index (κ1) is 54.7. The van der Waals surface area contributed by atoms with Gasteiger partial charge in [0.2, 0.25) is 11.8 Å². The molecular weight excluding hydrogens is 795 g/mol.